The Morgan fingerprint density at radius 2 is 1.71 bits per heavy atom. The van der Waals surface area contributed by atoms with Gasteiger partial charge in [0, 0.05) is 24.2 Å². The van der Waals surface area contributed by atoms with Gasteiger partial charge in [0.1, 0.15) is 5.11 Å². The molecule has 2 aromatic rings. The molecule has 5 nitrogen and oxygen atoms in total. The number of carbonyl (C=O) groups is 1. The van der Waals surface area contributed by atoms with Crippen LogP contribution in [0.1, 0.15) is 40.5 Å². The fourth-order valence-corrected chi connectivity index (χ4v) is 2.86. The van der Waals surface area contributed by atoms with Crippen molar-refractivity contribution in [2.45, 2.75) is 19.0 Å². The lowest BCUT2D eigenvalue weighted by molar-refractivity contribution is 0.0991. The first-order chi connectivity index (χ1) is 11.8. The third-order valence-corrected chi connectivity index (χ3v) is 4.14. The van der Waals surface area contributed by atoms with Gasteiger partial charge < -0.3 is 0 Å². The normalized spacial score (nSPS) is 15.5. The van der Waals surface area contributed by atoms with Gasteiger partial charge in [0.2, 0.25) is 16.2 Å². The van der Waals surface area contributed by atoms with E-state index in [9.17, 15) is 4.79 Å². The van der Waals surface area contributed by atoms with Gasteiger partial charge in [-0.1, -0.05) is 42.5 Å². The van der Waals surface area contributed by atoms with E-state index in [4.69, 9.17) is 0 Å². The van der Waals surface area contributed by atoms with E-state index >= 15 is 0 Å². The molecule has 0 N–H and O–H groups in total. The van der Waals surface area contributed by atoms with Gasteiger partial charge in [0.25, 0.3) is 0 Å². The lowest BCUT2D eigenvalue weighted by atomic mass is 10.1. The van der Waals surface area contributed by atoms with Crippen LogP contribution in [0.3, 0.4) is 0 Å². The molecule has 24 heavy (non-hydrogen) atoms. The number of benzene rings is 2. The number of hydrogen-bond acceptors (Lipinski definition) is 3. The Balaban J connectivity index is 1.85. The second-order valence-corrected chi connectivity index (χ2v) is 5.79. The van der Waals surface area contributed by atoms with E-state index in [-0.39, 0.29) is 12.1 Å². The van der Waals surface area contributed by atoms with Crippen LogP contribution >= 0.6 is 0 Å². The maximum absolute atomic E-state index is 12.0. The van der Waals surface area contributed by atoms with Crippen LogP contribution in [0.2, 0.25) is 0 Å². The molecule has 1 atom stereocenters. The van der Waals surface area contributed by atoms with Gasteiger partial charge in [0.05, 0.1) is 0 Å². The predicted molar refractivity (Wildman–Crippen MR) is 92.2 cm³/mol. The summed E-state index contributed by atoms with van der Waals surface area (Å²) in [5.41, 5.74) is 2.43. The molecule has 1 fully saturated rings. The molecule has 5 heteroatoms. The van der Waals surface area contributed by atoms with E-state index in [1.54, 1.807) is 24.3 Å². The molecule has 1 amide bonds. The molecule has 0 unspecified atom stereocenters. The lowest BCUT2D eigenvalue weighted by Gasteiger charge is -2.20. The predicted octanol–water partition coefficient (Wildman–Crippen LogP) is 3.78. The van der Waals surface area contributed by atoms with Crippen LogP contribution in [0.5, 0.6) is 0 Å². The molecule has 1 aliphatic heterocycles. The minimum atomic E-state index is -0.387. The highest BCUT2D eigenvalue weighted by Crippen LogP contribution is 2.27. The largest absolute Gasteiger partial charge is 0.360 e. The molecule has 0 spiro atoms. The Bertz CT molecular complexity index is 760. The van der Waals surface area contributed by atoms with Crippen molar-refractivity contribution in [3.63, 3.8) is 0 Å². The maximum Gasteiger partial charge on any atom is 0.360 e. The molecule has 1 radical (unpaired) electrons. The molecule has 2 aromatic carbocycles. The van der Waals surface area contributed by atoms with Crippen LogP contribution < -0.4 is 4.91 Å². The van der Waals surface area contributed by atoms with E-state index in [0.717, 1.165) is 37.1 Å². The first-order valence-corrected chi connectivity index (χ1v) is 8.11. The quantitative estimate of drug-likeness (QED) is 0.636. The molecule has 3 rings (SSSR count). The SMILES string of the molecule is [CH2]c1ccccc1[C@@H](N=[N+]=NC(=O)c1ccccc1)N1CCCC1. The Morgan fingerprint density at radius 3 is 2.42 bits per heavy atom. The molecule has 0 bridgehead atoms. The van der Waals surface area contributed by atoms with Crippen molar-refractivity contribution in [3.8, 4) is 0 Å². The van der Waals surface area contributed by atoms with Gasteiger partial charge in [-0.15, -0.1) is 0 Å². The molecular weight excluding hydrogens is 300 g/mol. The van der Waals surface area contributed by atoms with E-state index < -0.39 is 0 Å². The number of carbonyl (C=O) groups excluding carboxylic acids is 1. The first-order valence-electron chi connectivity index (χ1n) is 8.11. The molecule has 1 saturated heterocycles. The van der Waals surface area contributed by atoms with Gasteiger partial charge in [-0.3, -0.25) is 9.69 Å². The summed E-state index contributed by atoms with van der Waals surface area (Å²) in [4.78, 5) is 18.1. The van der Waals surface area contributed by atoms with Crippen molar-refractivity contribution in [2.75, 3.05) is 13.1 Å². The summed E-state index contributed by atoms with van der Waals surface area (Å²) in [6, 6.07) is 16.8. The van der Waals surface area contributed by atoms with E-state index in [0.29, 0.717) is 5.56 Å². The molecule has 1 heterocycles. The Hall–Kier alpha value is -2.62. The van der Waals surface area contributed by atoms with Crippen molar-refractivity contribution in [1.29, 1.82) is 0 Å². The highest BCUT2D eigenvalue weighted by atomic mass is 16.1. The summed E-state index contributed by atoms with van der Waals surface area (Å²) in [5, 5.41) is 8.06. The summed E-state index contributed by atoms with van der Waals surface area (Å²) in [6.45, 7) is 6.00. The summed E-state index contributed by atoms with van der Waals surface area (Å²) in [7, 11) is 0. The zero-order valence-corrected chi connectivity index (χ0v) is 13.5. The fourth-order valence-electron chi connectivity index (χ4n) is 2.86. The van der Waals surface area contributed by atoms with Crippen molar-refractivity contribution in [1.82, 2.24) is 9.81 Å². The first kappa shape index (κ1) is 16.2. The Morgan fingerprint density at radius 1 is 1.04 bits per heavy atom. The average molecular weight is 320 g/mol. The van der Waals surface area contributed by atoms with Gasteiger partial charge in [-0.2, -0.15) is 0 Å². The third-order valence-electron chi connectivity index (χ3n) is 4.14. The minimum Gasteiger partial charge on any atom is -0.272 e. The van der Waals surface area contributed by atoms with Crippen LogP contribution in [0.25, 0.3) is 0 Å². The van der Waals surface area contributed by atoms with E-state index in [2.05, 4.69) is 27.0 Å². The van der Waals surface area contributed by atoms with E-state index in [1.807, 2.05) is 30.3 Å². The monoisotopic (exact) mass is 320 g/mol. The van der Waals surface area contributed by atoms with Crippen LogP contribution in [0.4, 0.5) is 0 Å². The van der Waals surface area contributed by atoms with Gasteiger partial charge in [-0.05, 0) is 37.5 Å². The van der Waals surface area contributed by atoms with Crippen LogP contribution in [-0.4, -0.2) is 23.9 Å². The zero-order chi connectivity index (χ0) is 16.8. The molecular formula is C19H20N4O+. The summed E-state index contributed by atoms with van der Waals surface area (Å²) >= 11 is 0. The van der Waals surface area contributed by atoms with Crippen molar-refractivity contribution >= 4 is 5.91 Å². The second kappa shape index (κ2) is 7.77. The minimum absolute atomic E-state index is 0.242. The molecule has 121 valence electrons. The van der Waals surface area contributed by atoms with Crippen molar-refractivity contribution in [3.05, 3.63) is 78.2 Å². The number of rotatable bonds is 4. The van der Waals surface area contributed by atoms with Crippen LogP contribution in [0, 0.1) is 6.92 Å². The average Bonchev–Trinajstić information content (AvgIpc) is 3.14. The lowest BCUT2D eigenvalue weighted by Crippen LogP contribution is -2.25. The fraction of sp³-hybridized carbons (Fsp3) is 0.263. The van der Waals surface area contributed by atoms with E-state index in [1.165, 1.54) is 0 Å². The van der Waals surface area contributed by atoms with Gasteiger partial charge in [-0.25, -0.2) is 0 Å². The standard InChI is InChI=1S/C19H20N4O/c1-15-9-5-6-12-17(15)18(23-13-7-8-14-23)20-22-21-19(24)16-10-3-2-4-11-16/h2-6,9-12,18H,1,7-8,13-14H2/q+1/t18-/m0/s1. The summed E-state index contributed by atoms with van der Waals surface area (Å²) in [6.07, 6.45) is 2.05. The van der Waals surface area contributed by atoms with Crippen molar-refractivity contribution < 1.29 is 4.79 Å². The Kier molecular flexibility index (Phi) is 5.26. The zero-order valence-electron chi connectivity index (χ0n) is 13.5. The summed E-state index contributed by atoms with van der Waals surface area (Å²) < 4.78 is 0. The highest BCUT2D eigenvalue weighted by molar-refractivity contribution is 5.94. The number of nitrogens with zero attached hydrogens (tertiary/aromatic N) is 4. The summed E-state index contributed by atoms with van der Waals surface area (Å²) in [5.74, 6) is -0.387. The van der Waals surface area contributed by atoms with Gasteiger partial charge >= 0.3 is 5.91 Å². The number of hydrogen-bond donors (Lipinski definition) is 0. The molecule has 0 aliphatic carbocycles. The van der Waals surface area contributed by atoms with Crippen LogP contribution in [-0.2, 0) is 0 Å². The number of amides is 1. The number of likely N-dealkylation sites (tertiary alicyclic amines) is 1. The second-order valence-electron chi connectivity index (χ2n) is 5.79. The highest BCUT2D eigenvalue weighted by Gasteiger charge is 2.28. The molecule has 0 aromatic heterocycles. The smallest absolute Gasteiger partial charge is 0.272 e. The van der Waals surface area contributed by atoms with Crippen molar-refractivity contribution in [2.24, 2.45) is 10.2 Å². The van der Waals surface area contributed by atoms with Crippen LogP contribution in [0.15, 0.2) is 64.8 Å². The Labute approximate surface area is 141 Å². The topological polar surface area (TPSA) is 59.1 Å². The van der Waals surface area contributed by atoms with Gasteiger partial charge in [0.15, 0.2) is 0 Å². The molecule has 1 aliphatic rings. The maximum atomic E-state index is 12.0. The third kappa shape index (κ3) is 3.82. The molecule has 0 saturated carbocycles.